The monoisotopic (exact) mass is 295 g/mol. The van der Waals surface area contributed by atoms with E-state index >= 15 is 0 Å². The topological polar surface area (TPSA) is 66.4 Å². The van der Waals surface area contributed by atoms with Crippen LogP contribution < -0.4 is 4.72 Å². The molecule has 4 nitrogen and oxygen atoms in total. The minimum absolute atomic E-state index is 0.139. The van der Waals surface area contributed by atoms with Gasteiger partial charge in [0.1, 0.15) is 10.7 Å². The van der Waals surface area contributed by atoms with Crippen LogP contribution in [0.2, 0.25) is 5.02 Å². The maximum Gasteiger partial charge on any atom is 0.242 e. The zero-order chi connectivity index (χ0) is 14.0. The highest BCUT2D eigenvalue weighted by Crippen LogP contribution is 2.22. The molecule has 1 unspecified atom stereocenters. The fourth-order valence-corrected chi connectivity index (χ4v) is 2.84. The number of aliphatic hydroxyl groups is 1. The van der Waals surface area contributed by atoms with Gasteiger partial charge in [0.05, 0.1) is 10.6 Å². The van der Waals surface area contributed by atoms with Gasteiger partial charge in [-0.2, -0.15) is 0 Å². The van der Waals surface area contributed by atoms with E-state index in [9.17, 15) is 17.9 Å². The lowest BCUT2D eigenvalue weighted by Gasteiger charge is -2.21. The summed E-state index contributed by atoms with van der Waals surface area (Å²) in [4.78, 5) is -0.211. The molecule has 0 aliphatic heterocycles. The van der Waals surface area contributed by atoms with E-state index in [1.165, 1.54) is 6.92 Å². The first-order valence-electron chi connectivity index (χ1n) is 5.35. The lowest BCUT2D eigenvalue weighted by molar-refractivity contribution is 0.0613. The lowest BCUT2D eigenvalue weighted by Crippen LogP contribution is -2.40. The summed E-state index contributed by atoms with van der Waals surface area (Å²) in [6.45, 7) is 3.11. The van der Waals surface area contributed by atoms with E-state index in [0.29, 0.717) is 6.42 Å². The average molecular weight is 296 g/mol. The third-order valence-corrected chi connectivity index (χ3v) is 4.47. The van der Waals surface area contributed by atoms with Crippen LogP contribution in [-0.2, 0) is 10.0 Å². The Bertz CT molecular complexity index is 531. The van der Waals surface area contributed by atoms with Crippen molar-refractivity contribution in [3.05, 3.63) is 29.0 Å². The summed E-state index contributed by atoms with van der Waals surface area (Å²) in [5.41, 5.74) is -1.14. The Hall–Kier alpha value is -0.690. The first-order chi connectivity index (χ1) is 8.18. The second-order valence-electron chi connectivity index (χ2n) is 4.25. The van der Waals surface area contributed by atoms with Crippen molar-refractivity contribution in [1.29, 1.82) is 0 Å². The predicted molar refractivity (Wildman–Crippen MR) is 67.5 cm³/mol. The van der Waals surface area contributed by atoms with E-state index in [0.717, 1.165) is 18.2 Å². The molecule has 0 bridgehead atoms. The van der Waals surface area contributed by atoms with Gasteiger partial charge in [-0.15, -0.1) is 0 Å². The van der Waals surface area contributed by atoms with E-state index in [2.05, 4.69) is 4.72 Å². The summed E-state index contributed by atoms with van der Waals surface area (Å²) in [5, 5.41) is 9.53. The van der Waals surface area contributed by atoms with E-state index in [-0.39, 0.29) is 16.5 Å². The second-order valence-corrected chi connectivity index (χ2v) is 6.39. The first-order valence-corrected chi connectivity index (χ1v) is 7.21. The third kappa shape index (κ3) is 3.91. The lowest BCUT2D eigenvalue weighted by atomic mass is 10.1. The predicted octanol–water partition coefficient (Wildman–Crippen LogP) is 1.92. The van der Waals surface area contributed by atoms with Crippen molar-refractivity contribution in [3.8, 4) is 0 Å². The van der Waals surface area contributed by atoms with Crippen LogP contribution in [-0.4, -0.2) is 25.7 Å². The maximum atomic E-state index is 12.8. The van der Waals surface area contributed by atoms with Gasteiger partial charge in [0.25, 0.3) is 0 Å². The van der Waals surface area contributed by atoms with Crippen molar-refractivity contribution in [2.24, 2.45) is 0 Å². The number of hydrogen-bond acceptors (Lipinski definition) is 3. The van der Waals surface area contributed by atoms with Crippen molar-refractivity contribution in [2.75, 3.05) is 6.54 Å². The number of halogens is 2. The van der Waals surface area contributed by atoms with Crippen LogP contribution in [0.4, 0.5) is 4.39 Å². The molecule has 0 heterocycles. The molecule has 7 heteroatoms. The molecule has 0 aromatic heterocycles. The molecule has 102 valence electrons. The van der Waals surface area contributed by atoms with Gasteiger partial charge >= 0.3 is 0 Å². The zero-order valence-electron chi connectivity index (χ0n) is 10.1. The standard InChI is InChI=1S/C11H15ClFNO3S/c1-3-11(2,15)7-14-18(16,17)10-5-4-8(13)6-9(10)12/h4-6,14-15H,3,7H2,1-2H3. The molecule has 0 saturated carbocycles. The van der Waals surface area contributed by atoms with E-state index in [4.69, 9.17) is 11.6 Å². The van der Waals surface area contributed by atoms with Gasteiger partial charge in [-0.05, 0) is 31.5 Å². The van der Waals surface area contributed by atoms with E-state index < -0.39 is 21.4 Å². The van der Waals surface area contributed by atoms with Crippen LogP contribution in [0, 0.1) is 5.82 Å². The SMILES string of the molecule is CCC(C)(O)CNS(=O)(=O)c1ccc(F)cc1Cl. The molecule has 1 atom stereocenters. The quantitative estimate of drug-likeness (QED) is 0.872. The Morgan fingerprint density at radius 3 is 2.61 bits per heavy atom. The molecule has 0 aliphatic rings. The van der Waals surface area contributed by atoms with Crippen LogP contribution in [0.3, 0.4) is 0 Å². The van der Waals surface area contributed by atoms with Crippen molar-refractivity contribution in [3.63, 3.8) is 0 Å². The number of rotatable bonds is 5. The molecule has 0 radical (unpaired) electrons. The Morgan fingerprint density at radius 1 is 1.50 bits per heavy atom. The highest BCUT2D eigenvalue weighted by atomic mass is 35.5. The Balaban J connectivity index is 2.94. The Kier molecular flexibility index (Phi) is 4.72. The summed E-state index contributed by atoms with van der Waals surface area (Å²) >= 11 is 5.68. The molecule has 0 saturated heterocycles. The largest absolute Gasteiger partial charge is 0.389 e. The summed E-state index contributed by atoms with van der Waals surface area (Å²) in [7, 11) is -3.86. The van der Waals surface area contributed by atoms with Gasteiger partial charge in [0, 0.05) is 6.54 Å². The molecule has 2 N–H and O–H groups in total. The highest BCUT2D eigenvalue weighted by Gasteiger charge is 2.24. The van der Waals surface area contributed by atoms with Crippen LogP contribution in [0.5, 0.6) is 0 Å². The van der Waals surface area contributed by atoms with Crippen LogP contribution in [0.25, 0.3) is 0 Å². The normalized spacial score (nSPS) is 15.4. The van der Waals surface area contributed by atoms with Gasteiger partial charge in [0.15, 0.2) is 0 Å². The smallest absolute Gasteiger partial charge is 0.242 e. The fraction of sp³-hybridized carbons (Fsp3) is 0.455. The number of nitrogens with one attached hydrogen (secondary N) is 1. The molecular formula is C11H15ClFNO3S. The van der Waals surface area contributed by atoms with Crippen molar-refractivity contribution in [2.45, 2.75) is 30.8 Å². The third-order valence-electron chi connectivity index (χ3n) is 2.59. The highest BCUT2D eigenvalue weighted by molar-refractivity contribution is 7.89. The average Bonchev–Trinajstić information content (AvgIpc) is 2.26. The fourth-order valence-electron chi connectivity index (χ4n) is 1.15. The number of benzene rings is 1. The van der Waals surface area contributed by atoms with Gasteiger partial charge in [-0.3, -0.25) is 0 Å². The molecule has 0 spiro atoms. The van der Waals surface area contributed by atoms with Crippen molar-refractivity contribution < 1.29 is 17.9 Å². The van der Waals surface area contributed by atoms with Crippen molar-refractivity contribution in [1.82, 2.24) is 4.72 Å². The van der Waals surface area contributed by atoms with Gasteiger partial charge < -0.3 is 5.11 Å². The summed E-state index contributed by atoms with van der Waals surface area (Å²) < 4.78 is 38.9. The van der Waals surface area contributed by atoms with Gasteiger partial charge in [0.2, 0.25) is 10.0 Å². The molecule has 18 heavy (non-hydrogen) atoms. The van der Waals surface area contributed by atoms with E-state index in [1.807, 2.05) is 0 Å². The van der Waals surface area contributed by atoms with Gasteiger partial charge in [-0.1, -0.05) is 18.5 Å². The molecule has 0 fully saturated rings. The minimum atomic E-state index is -3.86. The minimum Gasteiger partial charge on any atom is -0.389 e. The molecule has 1 aromatic carbocycles. The van der Waals surface area contributed by atoms with Crippen LogP contribution in [0.15, 0.2) is 23.1 Å². The molecular weight excluding hydrogens is 281 g/mol. The van der Waals surface area contributed by atoms with Crippen LogP contribution >= 0.6 is 11.6 Å². The number of sulfonamides is 1. The first kappa shape index (κ1) is 15.4. The summed E-state index contributed by atoms with van der Waals surface area (Å²) in [5.74, 6) is -0.612. The maximum absolute atomic E-state index is 12.8. The zero-order valence-corrected chi connectivity index (χ0v) is 11.6. The molecule has 0 aliphatic carbocycles. The molecule has 0 amide bonds. The number of hydrogen-bond donors (Lipinski definition) is 2. The second kappa shape index (κ2) is 5.52. The van der Waals surface area contributed by atoms with Crippen molar-refractivity contribution >= 4 is 21.6 Å². The Labute approximate surface area is 111 Å². The summed E-state index contributed by atoms with van der Waals surface area (Å²) in [6, 6.07) is 3.02. The van der Waals surface area contributed by atoms with Gasteiger partial charge in [-0.25, -0.2) is 17.5 Å². The van der Waals surface area contributed by atoms with Crippen LogP contribution in [0.1, 0.15) is 20.3 Å². The van der Waals surface area contributed by atoms with E-state index in [1.54, 1.807) is 6.92 Å². The Morgan fingerprint density at radius 2 is 2.11 bits per heavy atom. The summed E-state index contributed by atoms with van der Waals surface area (Å²) in [6.07, 6.45) is 0.396. The molecule has 1 aromatic rings. The molecule has 1 rings (SSSR count).